The van der Waals surface area contributed by atoms with Crippen LogP contribution in [0.4, 0.5) is 5.69 Å². The molecule has 0 bridgehead atoms. The van der Waals surface area contributed by atoms with Crippen molar-refractivity contribution < 1.29 is 14.6 Å². The molecule has 0 heterocycles. The molecule has 0 aliphatic carbocycles. The van der Waals surface area contributed by atoms with E-state index < -0.39 is 5.97 Å². The number of hydrogen-bond acceptors (Lipinski definition) is 4. The molecule has 0 spiro atoms. The van der Waals surface area contributed by atoms with Gasteiger partial charge in [-0.25, -0.2) is 0 Å². The number of anilines is 1. The van der Waals surface area contributed by atoms with E-state index in [0.717, 1.165) is 21.8 Å². The van der Waals surface area contributed by atoms with E-state index in [9.17, 15) is 4.79 Å². The summed E-state index contributed by atoms with van der Waals surface area (Å²) in [5.74, 6) is 0.595. The van der Waals surface area contributed by atoms with E-state index in [4.69, 9.17) is 15.6 Å². The Bertz CT molecular complexity index is 643. The third kappa shape index (κ3) is 4.16. The van der Waals surface area contributed by atoms with E-state index in [-0.39, 0.29) is 6.42 Å². The summed E-state index contributed by atoms with van der Waals surface area (Å²) in [6, 6.07) is 13.1. The van der Waals surface area contributed by atoms with Gasteiger partial charge in [0.1, 0.15) is 5.75 Å². The zero-order valence-corrected chi connectivity index (χ0v) is 12.5. The van der Waals surface area contributed by atoms with Gasteiger partial charge in [-0.2, -0.15) is 0 Å². The van der Waals surface area contributed by atoms with Crippen LogP contribution in [0, 0.1) is 0 Å². The van der Waals surface area contributed by atoms with Crippen molar-refractivity contribution in [2.45, 2.75) is 17.1 Å². The minimum Gasteiger partial charge on any atom is -0.496 e. The summed E-state index contributed by atoms with van der Waals surface area (Å²) in [7, 11) is 1.61. The second-order valence-electron chi connectivity index (χ2n) is 4.54. The van der Waals surface area contributed by atoms with Crippen LogP contribution in [0.5, 0.6) is 5.75 Å². The summed E-state index contributed by atoms with van der Waals surface area (Å²) >= 11 is 1.60. The van der Waals surface area contributed by atoms with Crippen molar-refractivity contribution in [3.05, 3.63) is 53.6 Å². The summed E-state index contributed by atoms with van der Waals surface area (Å²) in [4.78, 5) is 11.9. The number of hydrogen-bond donors (Lipinski definition) is 2. The first-order valence-electron chi connectivity index (χ1n) is 6.45. The molecular formula is C16H17NO3S. The lowest BCUT2D eigenvalue weighted by molar-refractivity contribution is -0.136. The Morgan fingerprint density at radius 1 is 1.24 bits per heavy atom. The molecule has 0 fully saturated rings. The molecule has 0 amide bonds. The second-order valence-corrected chi connectivity index (χ2v) is 5.56. The van der Waals surface area contributed by atoms with Crippen molar-refractivity contribution in [1.82, 2.24) is 0 Å². The summed E-state index contributed by atoms with van der Waals surface area (Å²) < 4.78 is 5.31. The maximum Gasteiger partial charge on any atom is 0.307 e. The highest BCUT2D eigenvalue weighted by molar-refractivity contribution is 7.98. The number of ether oxygens (including phenoxy) is 1. The van der Waals surface area contributed by atoms with Crippen molar-refractivity contribution in [2.75, 3.05) is 12.8 Å². The quantitative estimate of drug-likeness (QED) is 0.633. The highest BCUT2D eigenvalue weighted by Gasteiger charge is 2.09. The number of nitrogen functional groups attached to an aromatic ring is 1. The van der Waals surface area contributed by atoms with E-state index in [1.165, 1.54) is 0 Å². The molecule has 5 heteroatoms. The lowest BCUT2D eigenvalue weighted by Gasteiger charge is -2.11. The van der Waals surface area contributed by atoms with Crippen molar-refractivity contribution in [3.8, 4) is 5.75 Å². The first kappa shape index (κ1) is 15.3. The number of carboxylic acids is 1. The van der Waals surface area contributed by atoms with Crippen LogP contribution >= 0.6 is 11.8 Å². The number of nitrogens with two attached hydrogens (primary N) is 1. The van der Waals surface area contributed by atoms with Gasteiger partial charge in [0, 0.05) is 22.4 Å². The molecule has 0 radical (unpaired) electrons. The number of rotatable bonds is 6. The van der Waals surface area contributed by atoms with Crippen molar-refractivity contribution in [2.24, 2.45) is 0 Å². The van der Waals surface area contributed by atoms with Crippen LogP contribution < -0.4 is 10.5 Å². The first-order valence-corrected chi connectivity index (χ1v) is 7.43. The number of carboxylic acid groups (broad SMARTS) is 1. The zero-order valence-electron chi connectivity index (χ0n) is 11.7. The standard InChI is InChI=1S/C16H17NO3S/c1-20-14-9-13(17)6-7-15(14)21-10-12-5-3-2-4-11(12)8-16(18)19/h2-7,9H,8,10,17H2,1H3,(H,18,19). The van der Waals surface area contributed by atoms with Crippen LogP contribution in [0.15, 0.2) is 47.4 Å². The van der Waals surface area contributed by atoms with Gasteiger partial charge in [0.05, 0.1) is 13.5 Å². The van der Waals surface area contributed by atoms with Gasteiger partial charge in [-0.3, -0.25) is 4.79 Å². The maximum atomic E-state index is 10.9. The number of thioether (sulfide) groups is 1. The molecule has 0 aliphatic rings. The molecule has 2 rings (SSSR count). The number of methoxy groups -OCH3 is 1. The maximum absolute atomic E-state index is 10.9. The van der Waals surface area contributed by atoms with Crippen molar-refractivity contribution in [3.63, 3.8) is 0 Å². The molecule has 21 heavy (non-hydrogen) atoms. The Morgan fingerprint density at radius 2 is 1.95 bits per heavy atom. The zero-order chi connectivity index (χ0) is 15.2. The van der Waals surface area contributed by atoms with Crippen LogP contribution in [-0.2, 0) is 17.0 Å². The van der Waals surface area contributed by atoms with Crippen molar-refractivity contribution in [1.29, 1.82) is 0 Å². The van der Waals surface area contributed by atoms with Crippen LogP contribution in [0.1, 0.15) is 11.1 Å². The van der Waals surface area contributed by atoms with Gasteiger partial charge in [0.25, 0.3) is 0 Å². The smallest absolute Gasteiger partial charge is 0.307 e. The van der Waals surface area contributed by atoms with Gasteiger partial charge < -0.3 is 15.6 Å². The van der Waals surface area contributed by atoms with Crippen LogP contribution in [-0.4, -0.2) is 18.2 Å². The highest BCUT2D eigenvalue weighted by atomic mass is 32.2. The summed E-state index contributed by atoms with van der Waals surface area (Å²) in [6.07, 6.45) is 0.0373. The van der Waals surface area contributed by atoms with E-state index in [1.807, 2.05) is 36.4 Å². The molecule has 2 aromatic rings. The Morgan fingerprint density at radius 3 is 2.62 bits per heavy atom. The predicted octanol–water partition coefficient (Wildman–Crippen LogP) is 3.20. The van der Waals surface area contributed by atoms with Crippen LogP contribution in [0.25, 0.3) is 0 Å². The lowest BCUT2D eigenvalue weighted by atomic mass is 10.1. The minimum absolute atomic E-state index is 0.0373. The van der Waals surface area contributed by atoms with Gasteiger partial charge in [0.2, 0.25) is 0 Å². The third-order valence-electron chi connectivity index (χ3n) is 3.03. The average Bonchev–Trinajstić information content (AvgIpc) is 2.46. The second kappa shape index (κ2) is 7.04. The fourth-order valence-corrected chi connectivity index (χ4v) is 3.03. The molecule has 0 atom stereocenters. The number of benzene rings is 2. The van der Waals surface area contributed by atoms with E-state index in [1.54, 1.807) is 24.9 Å². The fourth-order valence-electron chi connectivity index (χ4n) is 1.99. The molecule has 0 unspecified atom stereocenters. The number of carbonyl (C=O) groups is 1. The van der Waals surface area contributed by atoms with E-state index >= 15 is 0 Å². The fraction of sp³-hybridized carbons (Fsp3) is 0.188. The Kier molecular flexibility index (Phi) is 5.11. The van der Waals surface area contributed by atoms with E-state index in [2.05, 4.69) is 0 Å². The lowest BCUT2D eigenvalue weighted by Crippen LogP contribution is -2.03. The van der Waals surface area contributed by atoms with Crippen molar-refractivity contribution >= 4 is 23.4 Å². The topological polar surface area (TPSA) is 72.5 Å². The Labute approximate surface area is 127 Å². The average molecular weight is 303 g/mol. The number of aliphatic carboxylic acids is 1. The third-order valence-corrected chi connectivity index (χ3v) is 4.13. The van der Waals surface area contributed by atoms with Crippen LogP contribution in [0.3, 0.4) is 0 Å². The minimum atomic E-state index is -0.822. The SMILES string of the molecule is COc1cc(N)ccc1SCc1ccccc1CC(=O)O. The van der Waals surface area contributed by atoms with Gasteiger partial charge in [-0.1, -0.05) is 24.3 Å². The molecule has 3 N–H and O–H groups in total. The highest BCUT2D eigenvalue weighted by Crippen LogP contribution is 2.33. The Balaban J connectivity index is 2.15. The summed E-state index contributed by atoms with van der Waals surface area (Å²) in [5, 5.41) is 8.95. The molecule has 110 valence electrons. The molecular weight excluding hydrogens is 286 g/mol. The predicted molar refractivity (Wildman–Crippen MR) is 84.7 cm³/mol. The molecule has 4 nitrogen and oxygen atoms in total. The van der Waals surface area contributed by atoms with Gasteiger partial charge in [-0.05, 0) is 23.3 Å². The molecule has 0 saturated carbocycles. The van der Waals surface area contributed by atoms with Gasteiger partial charge >= 0.3 is 5.97 Å². The summed E-state index contributed by atoms with van der Waals surface area (Å²) in [6.45, 7) is 0. The van der Waals surface area contributed by atoms with Crippen LogP contribution in [0.2, 0.25) is 0 Å². The molecule has 0 aromatic heterocycles. The van der Waals surface area contributed by atoms with Gasteiger partial charge in [-0.15, -0.1) is 11.8 Å². The monoisotopic (exact) mass is 303 g/mol. The normalized spacial score (nSPS) is 10.3. The largest absolute Gasteiger partial charge is 0.496 e. The van der Waals surface area contributed by atoms with Gasteiger partial charge in [0.15, 0.2) is 0 Å². The Hall–Kier alpha value is -2.14. The first-order chi connectivity index (χ1) is 10.1. The molecule has 0 saturated heterocycles. The molecule has 2 aromatic carbocycles. The van der Waals surface area contributed by atoms with E-state index in [0.29, 0.717) is 11.4 Å². The summed E-state index contributed by atoms with van der Waals surface area (Å²) in [5.41, 5.74) is 8.25. The molecule has 0 aliphatic heterocycles.